The fraction of sp³-hybridized carbons (Fsp3) is 0.182. The van der Waals surface area contributed by atoms with Crippen molar-refractivity contribution in [2.45, 2.75) is 31.2 Å². The van der Waals surface area contributed by atoms with E-state index in [0.29, 0.717) is 23.0 Å². The standard InChI is InChI=1S/C22H23NO2S/c1-18(2)20-13-15-22(16-14-20)26(24,25)23(21-11-7-4-8-12-21)17-19-9-5-3-6-10-19/h3-16,18H,17H2,1-2H3. The minimum Gasteiger partial charge on any atom is -0.262 e. The molecule has 0 saturated carbocycles. The molecule has 0 amide bonds. The van der Waals surface area contributed by atoms with Crippen LogP contribution >= 0.6 is 0 Å². The Morgan fingerprint density at radius 1 is 0.769 bits per heavy atom. The molecule has 0 unspecified atom stereocenters. The van der Waals surface area contributed by atoms with E-state index < -0.39 is 10.0 Å². The SMILES string of the molecule is CC(C)c1ccc(S(=O)(=O)N(Cc2ccccc2)c2ccccc2)cc1. The minimum absolute atomic E-state index is 0.291. The molecule has 3 nitrogen and oxygen atoms in total. The third-order valence-corrected chi connectivity index (χ3v) is 6.14. The van der Waals surface area contributed by atoms with Gasteiger partial charge in [0.25, 0.3) is 10.0 Å². The van der Waals surface area contributed by atoms with Gasteiger partial charge in [-0.3, -0.25) is 4.31 Å². The molecule has 0 heterocycles. The third-order valence-electron chi connectivity index (χ3n) is 4.35. The molecule has 4 heteroatoms. The van der Waals surface area contributed by atoms with Crippen LogP contribution in [0.3, 0.4) is 0 Å². The van der Waals surface area contributed by atoms with Gasteiger partial charge in [0.2, 0.25) is 0 Å². The second-order valence-corrected chi connectivity index (χ2v) is 8.42. The number of hydrogen-bond donors (Lipinski definition) is 0. The summed E-state index contributed by atoms with van der Waals surface area (Å²) >= 11 is 0. The summed E-state index contributed by atoms with van der Waals surface area (Å²) in [6.45, 7) is 4.48. The van der Waals surface area contributed by atoms with Gasteiger partial charge in [0.05, 0.1) is 17.1 Å². The Balaban J connectivity index is 2.02. The Morgan fingerprint density at radius 2 is 1.31 bits per heavy atom. The quantitative estimate of drug-likeness (QED) is 0.602. The molecule has 134 valence electrons. The molecule has 0 aliphatic heterocycles. The third kappa shape index (κ3) is 3.97. The highest BCUT2D eigenvalue weighted by molar-refractivity contribution is 7.92. The van der Waals surface area contributed by atoms with Gasteiger partial charge in [0, 0.05) is 0 Å². The summed E-state index contributed by atoms with van der Waals surface area (Å²) in [6.07, 6.45) is 0. The largest absolute Gasteiger partial charge is 0.264 e. The molecule has 0 fully saturated rings. The molecule has 0 aliphatic carbocycles. The van der Waals surface area contributed by atoms with Crippen LogP contribution < -0.4 is 4.31 Å². The lowest BCUT2D eigenvalue weighted by Crippen LogP contribution is -2.30. The Morgan fingerprint density at radius 3 is 1.85 bits per heavy atom. The van der Waals surface area contributed by atoms with Gasteiger partial charge < -0.3 is 0 Å². The van der Waals surface area contributed by atoms with Crippen molar-refractivity contribution in [1.82, 2.24) is 0 Å². The Hall–Kier alpha value is -2.59. The molecule has 0 bridgehead atoms. The fourth-order valence-corrected chi connectivity index (χ4v) is 4.26. The highest BCUT2D eigenvalue weighted by atomic mass is 32.2. The second kappa shape index (κ2) is 7.75. The Kier molecular flexibility index (Phi) is 5.43. The van der Waals surface area contributed by atoms with E-state index in [4.69, 9.17) is 0 Å². The molecule has 3 rings (SSSR count). The minimum atomic E-state index is -3.66. The summed E-state index contributed by atoms with van der Waals surface area (Å²) < 4.78 is 28.2. The fourth-order valence-electron chi connectivity index (χ4n) is 2.81. The normalized spacial score (nSPS) is 11.5. The number of sulfonamides is 1. The van der Waals surface area contributed by atoms with Gasteiger partial charge in [0.15, 0.2) is 0 Å². The molecule has 3 aromatic carbocycles. The van der Waals surface area contributed by atoms with Crippen molar-refractivity contribution in [3.05, 3.63) is 96.1 Å². The first-order valence-corrected chi connectivity index (χ1v) is 10.1. The molecule has 0 aliphatic rings. The van der Waals surface area contributed by atoms with Gasteiger partial charge in [-0.2, -0.15) is 0 Å². The number of anilines is 1. The maximum Gasteiger partial charge on any atom is 0.264 e. The Bertz CT molecular complexity index is 934. The van der Waals surface area contributed by atoms with Crippen LogP contribution in [0.2, 0.25) is 0 Å². The zero-order valence-electron chi connectivity index (χ0n) is 15.0. The number of hydrogen-bond acceptors (Lipinski definition) is 2. The van der Waals surface area contributed by atoms with Gasteiger partial charge >= 0.3 is 0 Å². The average Bonchev–Trinajstić information content (AvgIpc) is 2.67. The highest BCUT2D eigenvalue weighted by Gasteiger charge is 2.25. The summed E-state index contributed by atoms with van der Waals surface area (Å²) in [7, 11) is -3.66. The average molecular weight is 365 g/mol. The zero-order chi connectivity index (χ0) is 18.6. The summed E-state index contributed by atoms with van der Waals surface area (Å²) in [4.78, 5) is 0.307. The van der Waals surface area contributed by atoms with Crippen molar-refractivity contribution in [3.8, 4) is 0 Å². The molecule has 0 radical (unpaired) electrons. The van der Waals surface area contributed by atoms with Crippen LogP contribution in [-0.2, 0) is 16.6 Å². The van der Waals surface area contributed by atoms with E-state index in [1.165, 1.54) is 4.31 Å². The first kappa shape index (κ1) is 18.2. The summed E-state index contributed by atoms with van der Waals surface area (Å²) in [5.41, 5.74) is 2.72. The van der Waals surface area contributed by atoms with Crippen LogP contribution in [0.4, 0.5) is 5.69 Å². The van der Waals surface area contributed by atoms with Crippen LogP contribution in [0, 0.1) is 0 Å². The van der Waals surface area contributed by atoms with E-state index in [-0.39, 0.29) is 0 Å². The maximum absolute atomic E-state index is 13.3. The van der Waals surface area contributed by atoms with E-state index in [9.17, 15) is 8.42 Å². The first-order chi connectivity index (χ1) is 12.5. The van der Waals surface area contributed by atoms with Crippen LogP contribution in [0.1, 0.15) is 30.9 Å². The molecule has 0 aromatic heterocycles. The van der Waals surface area contributed by atoms with E-state index in [2.05, 4.69) is 13.8 Å². The summed E-state index contributed by atoms with van der Waals surface area (Å²) in [5, 5.41) is 0. The summed E-state index contributed by atoms with van der Waals surface area (Å²) in [5.74, 6) is 0.362. The van der Waals surface area contributed by atoms with Crippen molar-refractivity contribution in [1.29, 1.82) is 0 Å². The van der Waals surface area contributed by atoms with Gasteiger partial charge in [0.1, 0.15) is 0 Å². The molecule has 0 atom stereocenters. The van der Waals surface area contributed by atoms with Gasteiger partial charge in [-0.25, -0.2) is 8.42 Å². The monoisotopic (exact) mass is 365 g/mol. The summed E-state index contributed by atoms with van der Waals surface area (Å²) in [6, 6.07) is 26.1. The number of rotatable bonds is 6. The maximum atomic E-state index is 13.3. The van der Waals surface area contributed by atoms with Gasteiger partial charge in [-0.1, -0.05) is 74.5 Å². The predicted octanol–water partition coefficient (Wildman–Crippen LogP) is 5.21. The van der Waals surface area contributed by atoms with E-state index in [1.807, 2.05) is 72.8 Å². The van der Waals surface area contributed by atoms with Gasteiger partial charge in [-0.15, -0.1) is 0 Å². The predicted molar refractivity (Wildman–Crippen MR) is 107 cm³/mol. The van der Waals surface area contributed by atoms with E-state index in [1.54, 1.807) is 12.1 Å². The molecule has 0 N–H and O–H groups in total. The highest BCUT2D eigenvalue weighted by Crippen LogP contribution is 2.27. The second-order valence-electron chi connectivity index (χ2n) is 6.56. The van der Waals surface area contributed by atoms with Crippen LogP contribution in [0.15, 0.2) is 89.8 Å². The van der Waals surface area contributed by atoms with Crippen LogP contribution in [-0.4, -0.2) is 8.42 Å². The molecule has 0 saturated heterocycles. The lowest BCUT2D eigenvalue weighted by atomic mass is 10.0. The van der Waals surface area contributed by atoms with Gasteiger partial charge in [-0.05, 0) is 41.3 Å². The van der Waals surface area contributed by atoms with Crippen molar-refractivity contribution in [2.24, 2.45) is 0 Å². The van der Waals surface area contributed by atoms with Crippen molar-refractivity contribution in [3.63, 3.8) is 0 Å². The molecule has 3 aromatic rings. The number of benzene rings is 3. The lowest BCUT2D eigenvalue weighted by Gasteiger charge is -2.25. The number of nitrogens with zero attached hydrogens (tertiary/aromatic N) is 1. The molecular weight excluding hydrogens is 342 g/mol. The molecule has 0 spiro atoms. The lowest BCUT2D eigenvalue weighted by molar-refractivity contribution is 0.590. The van der Waals surface area contributed by atoms with E-state index in [0.717, 1.165) is 11.1 Å². The van der Waals surface area contributed by atoms with Crippen LogP contribution in [0.25, 0.3) is 0 Å². The topological polar surface area (TPSA) is 37.4 Å². The van der Waals surface area contributed by atoms with Crippen molar-refractivity contribution >= 4 is 15.7 Å². The smallest absolute Gasteiger partial charge is 0.262 e. The number of para-hydroxylation sites is 1. The van der Waals surface area contributed by atoms with E-state index >= 15 is 0 Å². The molecule has 26 heavy (non-hydrogen) atoms. The van der Waals surface area contributed by atoms with Crippen molar-refractivity contribution < 1.29 is 8.42 Å². The molecular formula is C22H23NO2S. The van der Waals surface area contributed by atoms with Crippen LogP contribution in [0.5, 0.6) is 0 Å². The first-order valence-electron chi connectivity index (χ1n) is 8.70. The van der Waals surface area contributed by atoms with Crippen molar-refractivity contribution in [2.75, 3.05) is 4.31 Å². The Labute approximate surface area is 156 Å². The zero-order valence-corrected chi connectivity index (χ0v) is 15.9.